The van der Waals surface area contributed by atoms with Gasteiger partial charge < -0.3 is 9.64 Å². The summed E-state index contributed by atoms with van der Waals surface area (Å²) in [5.41, 5.74) is 0.442. The molecule has 1 aliphatic rings. The second kappa shape index (κ2) is 6.77. The molecule has 1 atom stereocenters. The van der Waals surface area contributed by atoms with Crippen LogP contribution in [0, 0.1) is 0 Å². The number of nitrogens with zero attached hydrogens (tertiary/aromatic N) is 2. The lowest BCUT2D eigenvalue weighted by atomic mass is 9.97. The van der Waals surface area contributed by atoms with Gasteiger partial charge in [-0.05, 0) is 51.7 Å². The molecule has 0 radical (unpaired) electrons. The Morgan fingerprint density at radius 3 is 2.77 bits per heavy atom. The van der Waals surface area contributed by atoms with E-state index in [1.807, 2.05) is 11.0 Å². The van der Waals surface area contributed by atoms with Crippen LogP contribution < -0.4 is 5.32 Å². The molecule has 1 N–H and O–H groups in total. The number of pyridine rings is 1. The van der Waals surface area contributed by atoms with E-state index in [0.717, 1.165) is 37.8 Å². The Balaban J connectivity index is 2.00. The van der Waals surface area contributed by atoms with E-state index in [2.05, 4.69) is 10.3 Å². The Bertz CT molecular complexity index is 522. The Morgan fingerprint density at radius 2 is 2.18 bits per heavy atom. The lowest BCUT2D eigenvalue weighted by Gasteiger charge is -2.32. The Labute approximate surface area is 130 Å². The highest BCUT2D eigenvalue weighted by Crippen LogP contribution is 2.29. The monoisotopic (exact) mass is 305 g/mol. The molecule has 1 fully saturated rings. The normalized spacial score (nSPS) is 18.7. The summed E-state index contributed by atoms with van der Waals surface area (Å²) in [7, 11) is 0. The van der Waals surface area contributed by atoms with E-state index in [1.54, 1.807) is 33.0 Å². The van der Waals surface area contributed by atoms with Gasteiger partial charge in [0.15, 0.2) is 0 Å². The highest BCUT2D eigenvalue weighted by molar-refractivity contribution is 5.83. The number of aromatic nitrogens is 1. The maximum atomic E-state index is 11.7. The predicted molar refractivity (Wildman–Crippen MR) is 83.5 cm³/mol. The first-order chi connectivity index (χ1) is 10.4. The van der Waals surface area contributed by atoms with Crippen LogP contribution in [0.25, 0.3) is 0 Å². The van der Waals surface area contributed by atoms with Crippen molar-refractivity contribution in [3.8, 4) is 0 Å². The first-order valence-corrected chi connectivity index (χ1v) is 7.56. The number of amides is 2. The fraction of sp³-hybridized carbons (Fsp3) is 0.562. The van der Waals surface area contributed by atoms with Crippen molar-refractivity contribution < 1.29 is 14.3 Å². The number of hydrogen-bond acceptors (Lipinski definition) is 4. The molecule has 0 bridgehead atoms. The smallest absolute Gasteiger partial charge is 0.413 e. The van der Waals surface area contributed by atoms with Crippen molar-refractivity contribution in [2.75, 3.05) is 11.9 Å². The molecule has 2 rings (SSSR count). The number of nitrogens with one attached hydrogen (secondary N) is 1. The number of hydrogen-bond donors (Lipinski definition) is 1. The van der Waals surface area contributed by atoms with E-state index in [1.165, 1.54) is 0 Å². The molecule has 2 amide bonds. The molecule has 1 saturated heterocycles. The number of carbonyl (C=O) groups is 2. The number of carbonyl (C=O) groups excluding carboxylic acids is 2. The molecule has 2 heterocycles. The second-order valence-corrected chi connectivity index (χ2v) is 6.46. The summed E-state index contributed by atoms with van der Waals surface area (Å²) in [5, 5.41) is 2.60. The molecule has 120 valence electrons. The minimum Gasteiger partial charge on any atom is -0.444 e. The van der Waals surface area contributed by atoms with Gasteiger partial charge in [0.25, 0.3) is 0 Å². The molecule has 6 nitrogen and oxygen atoms in total. The van der Waals surface area contributed by atoms with Gasteiger partial charge in [0, 0.05) is 12.7 Å². The number of likely N-dealkylation sites (tertiary alicyclic amines) is 1. The van der Waals surface area contributed by atoms with E-state index in [4.69, 9.17) is 4.74 Å². The first-order valence-electron chi connectivity index (χ1n) is 7.56. The van der Waals surface area contributed by atoms with Crippen molar-refractivity contribution in [1.29, 1.82) is 0 Å². The summed E-state index contributed by atoms with van der Waals surface area (Å²) in [6.07, 6.45) is 5.17. The van der Waals surface area contributed by atoms with E-state index in [0.29, 0.717) is 5.82 Å². The van der Waals surface area contributed by atoms with E-state index < -0.39 is 11.7 Å². The second-order valence-electron chi connectivity index (χ2n) is 6.46. The predicted octanol–water partition coefficient (Wildman–Crippen LogP) is 3.11. The van der Waals surface area contributed by atoms with Gasteiger partial charge in [0.05, 0.1) is 6.04 Å². The van der Waals surface area contributed by atoms with E-state index in [9.17, 15) is 9.59 Å². The molecule has 1 aliphatic heterocycles. The van der Waals surface area contributed by atoms with Crippen LogP contribution in [0.3, 0.4) is 0 Å². The molecule has 1 aromatic rings. The Hall–Kier alpha value is -2.11. The SMILES string of the molecule is CC(C)(C)OC(=O)Nc1ccc([C@H]2CCCCN2C=O)cn1. The van der Waals surface area contributed by atoms with Crippen LogP contribution in [0.1, 0.15) is 51.6 Å². The van der Waals surface area contributed by atoms with Crippen LogP contribution in [-0.2, 0) is 9.53 Å². The van der Waals surface area contributed by atoms with Crippen LogP contribution in [0.15, 0.2) is 18.3 Å². The molecular formula is C16H23N3O3. The number of rotatable bonds is 3. The minimum atomic E-state index is -0.545. The van der Waals surface area contributed by atoms with Gasteiger partial charge >= 0.3 is 6.09 Å². The van der Waals surface area contributed by atoms with Crippen LogP contribution in [0.2, 0.25) is 0 Å². The van der Waals surface area contributed by atoms with Gasteiger partial charge in [0.2, 0.25) is 6.41 Å². The third kappa shape index (κ3) is 4.44. The fourth-order valence-electron chi connectivity index (χ4n) is 2.52. The number of ether oxygens (including phenoxy) is 1. The number of piperidine rings is 1. The molecule has 0 saturated carbocycles. The summed E-state index contributed by atoms with van der Waals surface area (Å²) in [4.78, 5) is 28.9. The van der Waals surface area contributed by atoms with Gasteiger partial charge in [-0.1, -0.05) is 6.07 Å². The fourth-order valence-corrected chi connectivity index (χ4v) is 2.52. The molecule has 0 aromatic carbocycles. The standard InChI is InChI=1S/C16H23N3O3/c1-16(2,3)22-15(21)18-14-8-7-12(10-17-14)13-6-4-5-9-19(13)11-20/h7-8,10-11,13H,4-6,9H2,1-3H3,(H,17,18,21)/t13-/m1/s1. The van der Waals surface area contributed by atoms with Gasteiger partial charge in [0.1, 0.15) is 11.4 Å². The van der Waals surface area contributed by atoms with Crippen LogP contribution in [0.4, 0.5) is 10.6 Å². The first kappa shape index (κ1) is 16.3. The van der Waals surface area contributed by atoms with E-state index in [-0.39, 0.29) is 6.04 Å². The zero-order chi connectivity index (χ0) is 16.2. The maximum absolute atomic E-state index is 11.7. The topological polar surface area (TPSA) is 71.5 Å². The van der Waals surface area contributed by atoms with Crippen LogP contribution in [-0.4, -0.2) is 34.5 Å². The zero-order valence-corrected chi connectivity index (χ0v) is 13.3. The van der Waals surface area contributed by atoms with Crippen molar-refractivity contribution in [2.45, 2.75) is 51.7 Å². The molecule has 6 heteroatoms. The van der Waals surface area contributed by atoms with Gasteiger partial charge in [-0.25, -0.2) is 9.78 Å². The molecule has 22 heavy (non-hydrogen) atoms. The average molecular weight is 305 g/mol. The van der Waals surface area contributed by atoms with E-state index >= 15 is 0 Å². The lowest BCUT2D eigenvalue weighted by Crippen LogP contribution is -2.32. The summed E-state index contributed by atoms with van der Waals surface area (Å²) < 4.78 is 5.18. The highest BCUT2D eigenvalue weighted by atomic mass is 16.6. The lowest BCUT2D eigenvalue weighted by molar-refractivity contribution is -0.121. The third-order valence-corrected chi connectivity index (χ3v) is 3.48. The summed E-state index contributed by atoms with van der Waals surface area (Å²) in [5.74, 6) is 0.437. The maximum Gasteiger partial charge on any atom is 0.413 e. The Kier molecular flexibility index (Phi) is 5.00. The van der Waals surface area contributed by atoms with Crippen LogP contribution in [0.5, 0.6) is 0 Å². The summed E-state index contributed by atoms with van der Waals surface area (Å²) in [6.45, 7) is 6.20. The van der Waals surface area contributed by atoms with Crippen molar-refractivity contribution in [1.82, 2.24) is 9.88 Å². The average Bonchev–Trinajstić information content (AvgIpc) is 2.46. The minimum absolute atomic E-state index is 0.0781. The van der Waals surface area contributed by atoms with Gasteiger partial charge in [-0.2, -0.15) is 0 Å². The largest absolute Gasteiger partial charge is 0.444 e. The number of anilines is 1. The summed E-state index contributed by atoms with van der Waals surface area (Å²) >= 11 is 0. The quantitative estimate of drug-likeness (QED) is 0.871. The molecular weight excluding hydrogens is 282 g/mol. The van der Waals surface area contributed by atoms with Crippen LogP contribution >= 0.6 is 0 Å². The third-order valence-electron chi connectivity index (χ3n) is 3.48. The molecule has 0 aliphatic carbocycles. The van der Waals surface area contributed by atoms with Crippen molar-refractivity contribution in [3.05, 3.63) is 23.9 Å². The highest BCUT2D eigenvalue weighted by Gasteiger charge is 2.23. The van der Waals surface area contributed by atoms with Gasteiger partial charge in [-0.3, -0.25) is 10.1 Å². The van der Waals surface area contributed by atoms with Crippen molar-refractivity contribution >= 4 is 18.3 Å². The Morgan fingerprint density at radius 1 is 1.41 bits per heavy atom. The molecule has 0 spiro atoms. The summed E-state index contributed by atoms with van der Waals surface area (Å²) in [6, 6.07) is 3.71. The van der Waals surface area contributed by atoms with Crippen molar-refractivity contribution in [2.24, 2.45) is 0 Å². The van der Waals surface area contributed by atoms with Crippen molar-refractivity contribution in [3.63, 3.8) is 0 Å². The molecule has 0 unspecified atom stereocenters. The van der Waals surface area contributed by atoms with Gasteiger partial charge in [-0.15, -0.1) is 0 Å². The zero-order valence-electron chi connectivity index (χ0n) is 13.3. The molecule has 1 aromatic heterocycles.